The van der Waals surface area contributed by atoms with E-state index in [-0.39, 0.29) is 17.5 Å². The first-order valence-corrected chi connectivity index (χ1v) is 6.97. The highest BCUT2D eigenvalue weighted by Gasteiger charge is 2.11. The average molecular weight is 278 g/mol. The topological polar surface area (TPSA) is 52.6 Å². The molecule has 0 saturated carbocycles. The summed E-state index contributed by atoms with van der Waals surface area (Å²) in [5, 5.41) is 0. The molecule has 0 saturated heterocycles. The second kappa shape index (κ2) is 8.35. The third-order valence-electron chi connectivity index (χ3n) is 2.74. The van der Waals surface area contributed by atoms with Crippen LogP contribution in [0.1, 0.15) is 46.5 Å². The van der Waals surface area contributed by atoms with Gasteiger partial charge in [0.05, 0.1) is 0 Å². The molecular weight excluding hydrogens is 256 g/mol. The smallest absolute Gasteiger partial charge is 0.311 e. The van der Waals surface area contributed by atoms with E-state index in [0.29, 0.717) is 12.3 Å². The molecule has 0 spiro atoms. The van der Waals surface area contributed by atoms with Crippen molar-refractivity contribution in [2.45, 2.75) is 46.5 Å². The summed E-state index contributed by atoms with van der Waals surface area (Å²) in [7, 11) is 0. The van der Waals surface area contributed by atoms with Gasteiger partial charge in [-0.15, -0.1) is 0 Å². The molecule has 4 nitrogen and oxygen atoms in total. The zero-order chi connectivity index (χ0) is 15.0. The predicted molar refractivity (Wildman–Crippen MR) is 76.7 cm³/mol. The fraction of sp³-hybridized carbons (Fsp3) is 0.500. The molecule has 0 aliphatic carbocycles. The lowest BCUT2D eigenvalue weighted by Gasteiger charge is -2.09. The molecule has 4 heteroatoms. The Kier molecular flexibility index (Phi) is 6.77. The molecule has 0 unspecified atom stereocenters. The van der Waals surface area contributed by atoms with Crippen LogP contribution in [-0.2, 0) is 9.59 Å². The lowest BCUT2D eigenvalue weighted by molar-refractivity contribution is -0.136. The van der Waals surface area contributed by atoms with Gasteiger partial charge in [-0.25, -0.2) is 0 Å². The van der Waals surface area contributed by atoms with Gasteiger partial charge in [0, 0.05) is 13.3 Å². The highest BCUT2D eigenvalue weighted by Crippen LogP contribution is 2.27. The molecule has 0 heterocycles. The van der Waals surface area contributed by atoms with E-state index in [9.17, 15) is 9.59 Å². The summed E-state index contributed by atoms with van der Waals surface area (Å²) in [6.07, 6.45) is 3.31. The van der Waals surface area contributed by atoms with Crippen LogP contribution in [0.15, 0.2) is 24.3 Å². The van der Waals surface area contributed by atoms with Crippen LogP contribution in [0, 0.1) is 5.92 Å². The van der Waals surface area contributed by atoms with Crippen molar-refractivity contribution in [2.75, 3.05) is 0 Å². The number of hydrogen-bond donors (Lipinski definition) is 0. The summed E-state index contributed by atoms with van der Waals surface area (Å²) >= 11 is 0. The molecule has 0 bridgehead atoms. The number of ether oxygens (including phenoxy) is 2. The first kappa shape index (κ1) is 16.2. The summed E-state index contributed by atoms with van der Waals surface area (Å²) in [5.41, 5.74) is 0. The van der Waals surface area contributed by atoms with Crippen LogP contribution in [0.2, 0.25) is 0 Å². The number of esters is 2. The first-order valence-electron chi connectivity index (χ1n) is 6.97. The molecule has 110 valence electrons. The van der Waals surface area contributed by atoms with E-state index < -0.39 is 5.97 Å². The maximum Gasteiger partial charge on any atom is 0.311 e. The highest BCUT2D eigenvalue weighted by molar-refractivity contribution is 5.75. The molecule has 0 radical (unpaired) electrons. The Morgan fingerprint density at radius 1 is 1.05 bits per heavy atom. The summed E-state index contributed by atoms with van der Waals surface area (Å²) in [6.45, 7) is 5.63. The Morgan fingerprint density at radius 3 is 2.20 bits per heavy atom. The molecule has 20 heavy (non-hydrogen) atoms. The number of unbranched alkanes of at least 4 members (excludes halogenated alkanes) is 1. The fourth-order valence-corrected chi connectivity index (χ4v) is 1.77. The quantitative estimate of drug-likeness (QED) is 0.433. The van der Waals surface area contributed by atoms with Crippen LogP contribution in [0.5, 0.6) is 11.5 Å². The molecule has 1 aromatic carbocycles. The van der Waals surface area contributed by atoms with Gasteiger partial charge in [-0.3, -0.25) is 9.59 Å². The van der Waals surface area contributed by atoms with Gasteiger partial charge in [0.25, 0.3) is 0 Å². The van der Waals surface area contributed by atoms with E-state index in [1.54, 1.807) is 24.3 Å². The highest BCUT2D eigenvalue weighted by atomic mass is 16.6. The monoisotopic (exact) mass is 278 g/mol. The van der Waals surface area contributed by atoms with Gasteiger partial charge in [-0.2, -0.15) is 0 Å². The number of rotatable bonds is 7. The number of carbonyl (C=O) groups excluding carboxylic acids is 2. The lowest BCUT2D eigenvalue weighted by atomic mass is 10.1. The standard InChI is InChI=1S/C16H22O4/c1-12(2)8-4-7-11-16(18)20-15-10-6-5-9-14(15)19-13(3)17/h5-6,9-10,12H,4,7-8,11H2,1-3H3. The van der Waals surface area contributed by atoms with E-state index in [1.807, 2.05) is 0 Å². The minimum atomic E-state index is -0.439. The number of carbonyl (C=O) groups is 2. The van der Waals surface area contributed by atoms with Crippen LogP contribution >= 0.6 is 0 Å². The molecule has 0 fully saturated rings. The maximum atomic E-state index is 11.7. The number of hydrogen-bond acceptors (Lipinski definition) is 4. The summed E-state index contributed by atoms with van der Waals surface area (Å²) in [4.78, 5) is 22.7. The van der Waals surface area contributed by atoms with E-state index in [1.165, 1.54) is 6.92 Å². The zero-order valence-corrected chi connectivity index (χ0v) is 12.3. The first-order chi connectivity index (χ1) is 9.49. The minimum absolute atomic E-state index is 0.274. The van der Waals surface area contributed by atoms with E-state index in [4.69, 9.17) is 9.47 Å². The minimum Gasteiger partial charge on any atom is -0.423 e. The maximum absolute atomic E-state index is 11.7. The van der Waals surface area contributed by atoms with Crippen LogP contribution in [0.3, 0.4) is 0 Å². The van der Waals surface area contributed by atoms with E-state index >= 15 is 0 Å². The van der Waals surface area contributed by atoms with Crippen LogP contribution in [0.25, 0.3) is 0 Å². The number of para-hydroxylation sites is 2. The molecule has 0 aliphatic heterocycles. The van der Waals surface area contributed by atoms with Crippen LogP contribution in [-0.4, -0.2) is 11.9 Å². The van der Waals surface area contributed by atoms with E-state index in [0.717, 1.165) is 19.3 Å². The third-order valence-corrected chi connectivity index (χ3v) is 2.74. The number of benzene rings is 1. The van der Waals surface area contributed by atoms with E-state index in [2.05, 4.69) is 13.8 Å². The van der Waals surface area contributed by atoms with Crippen molar-refractivity contribution in [3.8, 4) is 11.5 Å². The van der Waals surface area contributed by atoms with Gasteiger partial charge in [-0.05, 0) is 24.5 Å². The normalized spacial score (nSPS) is 10.4. The Labute approximate surface area is 120 Å². The van der Waals surface area contributed by atoms with Gasteiger partial charge in [0.1, 0.15) is 0 Å². The molecule has 0 atom stereocenters. The molecule has 0 aromatic heterocycles. The summed E-state index contributed by atoms with van der Waals surface area (Å²) < 4.78 is 10.2. The van der Waals surface area contributed by atoms with Gasteiger partial charge < -0.3 is 9.47 Å². The van der Waals surface area contributed by atoms with Gasteiger partial charge in [0.15, 0.2) is 11.5 Å². The Bertz CT molecular complexity index is 452. The molecule has 1 aromatic rings. The van der Waals surface area contributed by atoms with Gasteiger partial charge >= 0.3 is 11.9 Å². The second-order valence-electron chi connectivity index (χ2n) is 5.15. The van der Waals surface area contributed by atoms with Crippen molar-refractivity contribution >= 4 is 11.9 Å². The van der Waals surface area contributed by atoms with Crippen molar-refractivity contribution in [2.24, 2.45) is 5.92 Å². The Balaban J connectivity index is 2.47. The summed E-state index contributed by atoms with van der Waals surface area (Å²) in [5.74, 6) is 0.474. The molecule has 1 rings (SSSR count). The molecule has 0 amide bonds. The molecule has 0 N–H and O–H groups in total. The predicted octanol–water partition coefficient (Wildman–Crippen LogP) is 3.73. The third kappa shape index (κ3) is 6.36. The van der Waals surface area contributed by atoms with Crippen LogP contribution < -0.4 is 9.47 Å². The fourth-order valence-electron chi connectivity index (χ4n) is 1.77. The van der Waals surface area contributed by atoms with Gasteiger partial charge in [0.2, 0.25) is 0 Å². The molecule has 0 aliphatic rings. The van der Waals surface area contributed by atoms with Crippen molar-refractivity contribution in [3.63, 3.8) is 0 Å². The largest absolute Gasteiger partial charge is 0.423 e. The van der Waals surface area contributed by atoms with Crippen molar-refractivity contribution in [1.82, 2.24) is 0 Å². The van der Waals surface area contributed by atoms with Crippen LogP contribution in [0.4, 0.5) is 0 Å². The van der Waals surface area contributed by atoms with Crippen molar-refractivity contribution < 1.29 is 19.1 Å². The molecular formula is C16H22O4. The van der Waals surface area contributed by atoms with Crippen molar-refractivity contribution in [3.05, 3.63) is 24.3 Å². The SMILES string of the molecule is CC(=O)Oc1ccccc1OC(=O)CCCCC(C)C. The average Bonchev–Trinajstić information content (AvgIpc) is 2.36. The second-order valence-corrected chi connectivity index (χ2v) is 5.15. The summed E-state index contributed by atoms with van der Waals surface area (Å²) in [6, 6.07) is 6.67. The lowest BCUT2D eigenvalue weighted by Crippen LogP contribution is -2.10. The Hall–Kier alpha value is -1.84. The Morgan fingerprint density at radius 2 is 1.65 bits per heavy atom. The van der Waals surface area contributed by atoms with Crippen molar-refractivity contribution in [1.29, 1.82) is 0 Å². The van der Waals surface area contributed by atoms with Gasteiger partial charge in [-0.1, -0.05) is 38.8 Å². The zero-order valence-electron chi connectivity index (χ0n) is 12.3.